The summed E-state index contributed by atoms with van der Waals surface area (Å²) in [5, 5.41) is 2.15. The molecule has 4 heterocycles. The lowest BCUT2D eigenvalue weighted by atomic mass is 9.93. The molecule has 0 bridgehead atoms. The number of amides is 1. The van der Waals surface area contributed by atoms with Crippen molar-refractivity contribution in [2.75, 3.05) is 24.5 Å². The standard InChI is InChI=1S/C19H23N3OS/c1-14-16-8-12-24-17(16)7-11-22(14)19(23)15-5-4-10-21(13-15)18-6-2-3-9-20-18/h2-3,6,8-9,12,14-15H,4-5,7,10-11,13H2,1H3/t14-,15-/m0/s1. The van der Waals surface area contributed by atoms with Crippen LogP contribution in [0.15, 0.2) is 35.8 Å². The molecule has 0 unspecified atom stereocenters. The van der Waals surface area contributed by atoms with Gasteiger partial charge in [-0.25, -0.2) is 4.98 Å². The summed E-state index contributed by atoms with van der Waals surface area (Å²) in [6.07, 6.45) is 4.87. The fourth-order valence-corrected chi connectivity index (χ4v) is 4.94. The highest BCUT2D eigenvalue weighted by molar-refractivity contribution is 7.10. The lowest BCUT2D eigenvalue weighted by Gasteiger charge is -2.39. The monoisotopic (exact) mass is 341 g/mol. The van der Waals surface area contributed by atoms with Gasteiger partial charge in [-0.05, 0) is 55.3 Å². The zero-order valence-electron chi connectivity index (χ0n) is 14.0. The first-order valence-electron chi connectivity index (χ1n) is 8.77. The van der Waals surface area contributed by atoms with Crippen molar-refractivity contribution in [3.05, 3.63) is 46.3 Å². The van der Waals surface area contributed by atoms with Crippen molar-refractivity contribution in [1.29, 1.82) is 0 Å². The summed E-state index contributed by atoms with van der Waals surface area (Å²) >= 11 is 1.82. The van der Waals surface area contributed by atoms with Gasteiger partial charge < -0.3 is 9.80 Å². The van der Waals surface area contributed by atoms with Gasteiger partial charge in [-0.2, -0.15) is 0 Å². The molecule has 2 atom stereocenters. The van der Waals surface area contributed by atoms with Gasteiger partial charge in [-0.1, -0.05) is 6.07 Å². The summed E-state index contributed by atoms with van der Waals surface area (Å²) in [5.74, 6) is 1.39. The molecule has 0 aliphatic carbocycles. The van der Waals surface area contributed by atoms with E-state index in [2.05, 4.69) is 33.2 Å². The van der Waals surface area contributed by atoms with Gasteiger partial charge in [0.2, 0.25) is 5.91 Å². The van der Waals surface area contributed by atoms with Gasteiger partial charge in [-0.15, -0.1) is 11.3 Å². The summed E-state index contributed by atoms with van der Waals surface area (Å²) < 4.78 is 0. The van der Waals surface area contributed by atoms with Crippen LogP contribution in [-0.4, -0.2) is 35.4 Å². The van der Waals surface area contributed by atoms with E-state index >= 15 is 0 Å². The summed E-state index contributed by atoms with van der Waals surface area (Å²) in [5.41, 5.74) is 1.34. The predicted molar refractivity (Wildman–Crippen MR) is 97.3 cm³/mol. The maximum atomic E-state index is 13.2. The van der Waals surface area contributed by atoms with E-state index in [1.165, 1.54) is 10.4 Å². The van der Waals surface area contributed by atoms with Gasteiger partial charge in [0.05, 0.1) is 12.0 Å². The Balaban J connectivity index is 1.48. The highest BCUT2D eigenvalue weighted by Gasteiger charge is 2.34. The summed E-state index contributed by atoms with van der Waals surface area (Å²) in [4.78, 5) is 23.4. The topological polar surface area (TPSA) is 36.4 Å². The zero-order chi connectivity index (χ0) is 16.5. The minimum absolute atomic E-state index is 0.0865. The molecule has 2 aromatic rings. The molecular weight excluding hydrogens is 318 g/mol. The van der Waals surface area contributed by atoms with Crippen molar-refractivity contribution in [3.63, 3.8) is 0 Å². The number of thiophene rings is 1. The molecule has 0 spiro atoms. The Bertz CT molecular complexity index is 714. The number of piperidine rings is 1. The average molecular weight is 341 g/mol. The smallest absolute Gasteiger partial charge is 0.227 e. The number of carbonyl (C=O) groups excluding carboxylic acids is 1. The molecule has 0 N–H and O–H groups in total. The Morgan fingerprint density at radius 1 is 1.29 bits per heavy atom. The van der Waals surface area contributed by atoms with Crippen LogP contribution in [0.4, 0.5) is 5.82 Å². The van der Waals surface area contributed by atoms with Crippen LogP contribution >= 0.6 is 11.3 Å². The molecule has 1 saturated heterocycles. The maximum Gasteiger partial charge on any atom is 0.227 e. The minimum atomic E-state index is 0.0865. The molecule has 1 amide bonds. The normalized spacial score (nSPS) is 23.9. The van der Waals surface area contributed by atoms with Gasteiger partial charge >= 0.3 is 0 Å². The third-order valence-electron chi connectivity index (χ3n) is 5.30. The minimum Gasteiger partial charge on any atom is -0.356 e. The second kappa shape index (κ2) is 6.55. The molecule has 2 aliphatic rings. The molecule has 4 nitrogen and oxygen atoms in total. The predicted octanol–water partition coefficient (Wildman–Crippen LogP) is 3.51. The number of carbonyl (C=O) groups is 1. The third-order valence-corrected chi connectivity index (χ3v) is 6.30. The highest BCUT2D eigenvalue weighted by Crippen LogP contribution is 2.34. The molecule has 5 heteroatoms. The SMILES string of the molecule is C[C@H]1c2ccsc2CCN1C(=O)[C@H]1CCCN(c2ccccn2)C1. The molecule has 0 radical (unpaired) electrons. The van der Waals surface area contributed by atoms with Crippen LogP contribution in [0.2, 0.25) is 0 Å². The zero-order valence-corrected chi connectivity index (χ0v) is 14.8. The number of hydrogen-bond acceptors (Lipinski definition) is 4. The Morgan fingerprint density at radius 2 is 2.21 bits per heavy atom. The van der Waals surface area contributed by atoms with Crippen LogP contribution < -0.4 is 4.90 Å². The average Bonchev–Trinajstić information content (AvgIpc) is 3.12. The Hall–Kier alpha value is -1.88. The van der Waals surface area contributed by atoms with Crippen molar-refractivity contribution in [2.45, 2.75) is 32.2 Å². The second-order valence-electron chi connectivity index (χ2n) is 6.73. The van der Waals surface area contributed by atoms with Gasteiger partial charge in [0, 0.05) is 30.7 Å². The number of nitrogens with zero attached hydrogens (tertiary/aromatic N) is 3. The first-order chi connectivity index (χ1) is 11.7. The first kappa shape index (κ1) is 15.6. The van der Waals surface area contributed by atoms with Crippen molar-refractivity contribution in [2.24, 2.45) is 5.92 Å². The molecule has 0 aromatic carbocycles. The lowest BCUT2D eigenvalue weighted by molar-refractivity contribution is -0.138. The Labute approximate surface area is 147 Å². The molecule has 4 rings (SSSR count). The molecule has 126 valence electrons. The second-order valence-corrected chi connectivity index (χ2v) is 7.73. The van der Waals surface area contributed by atoms with Gasteiger partial charge in [0.1, 0.15) is 5.82 Å². The number of aromatic nitrogens is 1. The number of fused-ring (bicyclic) bond motifs is 1. The Morgan fingerprint density at radius 3 is 3.04 bits per heavy atom. The summed E-state index contributed by atoms with van der Waals surface area (Å²) in [6, 6.07) is 8.37. The first-order valence-corrected chi connectivity index (χ1v) is 9.64. The quantitative estimate of drug-likeness (QED) is 0.839. The molecule has 2 aromatic heterocycles. The molecular formula is C19H23N3OS. The van der Waals surface area contributed by atoms with E-state index in [4.69, 9.17) is 0 Å². The molecule has 24 heavy (non-hydrogen) atoms. The highest BCUT2D eigenvalue weighted by atomic mass is 32.1. The number of hydrogen-bond donors (Lipinski definition) is 0. The van der Waals surface area contributed by atoms with Crippen molar-refractivity contribution >= 4 is 23.1 Å². The van der Waals surface area contributed by atoms with E-state index in [1.807, 2.05) is 35.7 Å². The lowest BCUT2D eigenvalue weighted by Crippen LogP contribution is -2.47. The number of pyridine rings is 1. The number of anilines is 1. The molecule has 2 aliphatic heterocycles. The van der Waals surface area contributed by atoms with E-state index in [0.29, 0.717) is 5.91 Å². The number of rotatable bonds is 2. The van der Waals surface area contributed by atoms with E-state index < -0.39 is 0 Å². The summed E-state index contributed by atoms with van der Waals surface area (Å²) in [7, 11) is 0. The fraction of sp³-hybridized carbons (Fsp3) is 0.474. The van der Waals surface area contributed by atoms with Crippen LogP contribution in [-0.2, 0) is 11.2 Å². The maximum absolute atomic E-state index is 13.2. The van der Waals surface area contributed by atoms with E-state index in [0.717, 1.165) is 44.7 Å². The molecule has 0 saturated carbocycles. The van der Waals surface area contributed by atoms with Gasteiger partial charge in [0.15, 0.2) is 0 Å². The van der Waals surface area contributed by atoms with Gasteiger partial charge in [0.25, 0.3) is 0 Å². The Kier molecular flexibility index (Phi) is 4.27. The van der Waals surface area contributed by atoms with E-state index in [9.17, 15) is 4.79 Å². The van der Waals surface area contributed by atoms with Crippen LogP contribution in [0.1, 0.15) is 36.2 Å². The third kappa shape index (κ3) is 2.81. The van der Waals surface area contributed by atoms with Crippen molar-refractivity contribution < 1.29 is 4.79 Å². The van der Waals surface area contributed by atoms with Crippen LogP contribution in [0.3, 0.4) is 0 Å². The van der Waals surface area contributed by atoms with Crippen LogP contribution in [0.25, 0.3) is 0 Å². The van der Waals surface area contributed by atoms with Crippen LogP contribution in [0.5, 0.6) is 0 Å². The van der Waals surface area contributed by atoms with Crippen molar-refractivity contribution in [1.82, 2.24) is 9.88 Å². The largest absolute Gasteiger partial charge is 0.356 e. The van der Waals surface area contributed by atoms with E-state index in [1.54, 1.807) is 0 Å². The fourth-order valence-electron chi connectivity index (χ4n) is 3.97. The van der Waals surface area contributed by atoms with Crippen LogP contribution in [0, 0.1) is 5.92 Å². The molecule has 1 fully saturated rings. The van der Waals surface area contributed by atoms with Gasteiger partial charge in [-0.3, -0.25) is 4.79 Å². The summed E-state index contributed by atoms with van der Waals surface area (Å²) in [6.45, 7) is 4.80. The van der Waals surface area contributed by atoms with Crippen molar-refractivity contribution in [3.8, 4) is 0 Å². The van der Waals surface area contributed by atoms with E-state index in [-0.39, 0.29) is 12.0 Å².